The van der Waals surface area contributed by atoms with E-state index < -0.39 is 11.5 Å². The van der Waals surface area contributed by atoms with Gasteiger partial charge in [-0.25, -0.2) is 9.78 Å². The summed E-state index contributed by atoms with van der Waals surface area (Å²) in [4.78, 5) is 33.5. The van der Waals surface area contributed by atoms with Gasteiger partial charge in [0.2, 0.25) is 0 Å². The highest BCUT2D eigenvalue weighted by Gasteiger charge is 2.36. The average Bonchev–Trinajstić information content (AvgIpc) is 3.29. The Labute approximate surface area is 179 Å². The second-order valence-corrected chi connectivity index (χ2v) is 9.06. The minimum atomic E-state index is -1.18. The van der Waals surface area contributed by atoms with Crippen LogP contribution in [0.25, 0.3) is 10.2 Å². The molecule has 2 heterocycles. The zero-order valence-corrected chi connectivity index (χ0v) is 18.6. The lowest BCUT2D eigenvalue weighted by molar-refractivity contribution is -0.152. The molecule has 6 nitrogen and oxygen atoms in total. The maximum Gasteiger partial charge on any atom is 0.331 e. The minimum absolute atomic E-state index is 0.164. The van der Waals surface area contributed by atoms with E-state index in [1.807, 2.05) is 24.3 Å². The third kappa shape index (κ3) is 3.31. The number of aryl methyl sites for hydroxylation is 2. The predicted octanol–water partition coefficient (Wildman–Crippen LogP) is 3.84. The molecule has 0 spiro atoms. The molecule has 158 valence electrons. The van der Waals surface area contributed by atoms with Gasteiger partial charge in [-0.2, -0.15) is 0 Å². The number of para-hydroxylation sites is 1. The van der Waals surface area contributed by atoms with Crippen molar-refractivity contribution in [2.45, 2.75) is 52.0 Å². The highest BCUT2D eigenvalue weighted by molar-refractivity contribution is 7.18. The van der Waals surface area contributed by atoms with Crippen molar-refractivity contribution in [2.75, 3.05) is 13.7 Å². The Hall–Kier alpha value is -2.67. The molecule has 2 aromatic heterocycles. The number of thiophene rings is 1. The van der Waals surface area contributed by atoms with E-state index in [9.17, 15) is 9.59 Å². The molecule has 0 amide bonds. The fraction of sp³-hybridized carbons (Fsp3) is 0.435. The number of carbonyl (C=O) groups excluding carboxylic acids is 1. The molecule has 0 radical (unpaired) electrons. The van der Waals surface area contributed by atoms with Gasteiger partial charge in [-0.3, -0.25) is 9.36 Å². The Morgan fingerprint density at radius 1 is 1.27 bits per heavy atom. The van der Waals surface area contributed by atoms with Gasteiger partial charge in [0.05, 0.1) is 19.1 Å². The first-order valence-electron chi connectivity index (χ1n) is 10.2. The maximum atomic E-state index is 13.8. The number of carbonyl (C=O) groups is 1. The number of ether oxygens (including phenoxy) is 2. The summed E-state index contributed by atoms with van der Waals surface area (Å²) in [5.74, 6) is 0.817. The Kier molecular flexibility index (Phi) is 5.40. The fourth-order valence-corrected chi connectivity index (χ4v) is 5.47. The number of fused-ring (bicyclic) bond motifs is 3. The van der Waals surface area contributed by atoms with Gasteiger partial charge in [-0.15, -0.1) is 11.3 Å². The van der Waals surface area contributed by atoms with Gasteiger partial charge in [-0.05, 0) is 51.7 Å². The van der Waals surface area contributed by atoms with Crippen LogP contribution in [0.3, 0.4) is 0 Å². The molecule has 0 aliphatic heterocycles. The van der Waals surface area contributed by atoms with Crippen molar-refractivity contribution < 1.29 is 14.3 Å². The Bertz CT molecular complexity index is 1180. The van der Waals surface area contributed by atoms with E-state index in [2.05, 4.69) is 0 Å². The summed E-state index contributed by atoms with van der Waals surface area (Å²) < 4.78 is 12.3. The number of esters is 1. The van der Waals surface area contributed by atoms with Crippen LogP contribution in [0.2, 0.25) is 0 Å². The molecule has 1 aliphatic carbocycles. The van der Waals surface area contributed by atoms with Crippen molar-refractivity contribution in [2.24, 2.45) is 0 Å². The summed E-state index contributed by atoms with van der Waals surface area (Å²) in [6.45, 7) is 5.46. The molecular formula is C23H26N2O4S. The lowest BCUT2D eigenvalue weighted by Crippen LogP contribution is -2.46. The van der Waals surface area contributed by atoms with Gasteiger partial charge in [0.25, 0.3) is 5.56 Å². The smallest absolute Gasteiger partial charge is 0.331 e. The molecule has 30 heavy (non-hydrogen) atoms. The van der Waals surface area contributed by atoms with E-state index in [1.165, 1.54) is 9.44 Å². The number of hydrogen-bond acceptors (Lipinski definition) is 6. The normalized spacial score (nSPS) is 13.5. The average molecular weight is 427 g/mol. The van der Waals surface area contributed by atoms with Crippen LogP contribution >= 0.6 is 11.3 Å². The second kappa shape index (κ2) is 7.87. The standard InChI is InChI=1S/C23H26N2O4S/c1-5-29-22(27)23(2,3)25-18(13-14-9-6-7-11-16(14)28-4)24-20-19(21(25)26)15-10-8-12-17(15)30-20/h6-7,9,11H,5,8,10,12-13H2,1-4H3. The van der Waals surface area contributed by atoms with E-state index in [0.717, 1.165) is 41.0 Å². The van der Waals surface area contributed by atoms with Crippen LogP contribution < -0.4 is 10.3 Å². The first kappa shape index (κ1) is 20.6. The van der Waals surface area contributed by atoms with E-state index in [4.69, 9.17) is 14.5 Å². The summed E-state index contributed by atoms with van der Waals surface area (Å²) in [6, 6.07) is 7.66. The number of nitrogens with zero attached hydrogens (tertiary/aromatic N) is 2. The first-order chi connectivity index (χ1) is 14.4. The Morgan fingerprint density at radius 2 is 2.03 bits per heavy atom. The largest absolute Gasteiger partial charge is 0.496 e. The van der Waals surface area contributed by atoms with Gasteiger partial charge in [0.15, 0.2) is 0 Å². The van der Waals surface area contributed by atoms with E-state index in [-0.39, 0.29) is 12.2 Å². The van der Waals surface area contributed by atoms with Crippen LogP contribution in [0.5, 0.6) is 5.75 Å². The third-order valence-electron chi connectivity index (χ3n) is 5.68. The van der Waals surface area contributed by atoms with Crippen LogP contribution in [-0.4, -0.2) is 29.2 Å². The van der Waals surface area contributed by atoms with Crippen molar-refractivity contribution >= 4 is 27.5 Å². The van der Waals surface area contributed by atoms with Gasteiger partial charge >= 0.3 is 5.97 Å². The summed E-state index contributed by atoms with van der Waals surface area (Å²) in [7, 11) is 1.62. The second-order valence-electron chi connectivity index (χ2n) is 7.97. The van der Waals surface area contributed by atoms with Gasteiger partial charge in [-0.1, -0.05) is 18.2 Å². The molecule has 4 rings (SSSR count). The predicted molar refractivity (Wildman–Crippen MR) is 118 cm³/mol. The first-order valence-corrected chi connectivity index (χ1v) is 11.1. The van der Waals surface area contributed by atoms with Crippen molar-refractivity contribution in [3.05, 3.63) is 56.4 Å². The Morgan fingerprint density at radius 3 is 2.77 bits per heavy atom. The summed E-state index contributed by atoms with van der Waals surface area (Å²) in [6.07, 6.45) is 3.30. The summed E-state index contributed by atoms with van der Waals surface area (Å²) in [5.41, 5.74) is 0.662. The van der Waals surface area contributed by atoms with Crippen LogP contribution in [0.4, 0.5) is 0 Å². The monoisotopic (exact) mass is 426 g/mol. The molecule has 0 atom stereocenters. The molecule has 1 aliphatic rings. The van der Waals surface area contributed by atoms with Gasteiger partial charge in [0.1, 0.15) is 21.9 Å². The van der Waals surface area contributed by atoms with E-state index in [0.29, 0.717) is 17.6 Å². The molecule has 7 heteroatoms. The number of aromatic nitrogens is 2. The highest BCUT2D eigenvalue weighted by Crippen LogP contribution is 2.36. The minimum Gasteiger partial charge on any atom is -0.496 e. The molecule has 0 bridgehead atoms. The maximum absolute atomic E-state index is 13.8. The van der Waals surface area contributed by atoms with Crippen molar-refractivity contribution in [3.8, 4) is 5.75 Å². The summed E-state index contributed by atoms with van der Waals surface area (Å²) in [5, 5.41) is 0.661. The van der Waals surface area contributed by atoms with Crippen LogP contribution in [0.1, 0.15) is 49.0 Å². The van der Waals surface area contributed by atoms with Crippen molar-refractivity contribution in [3.63, 3.8) is 0 Å². The molecule has 0 saturated heterocycles. The third-order valence-corrected chi connectivity index (χ3v) is 6.87. The quantitative estimate of drug-likeness (QED) is 0.560. The molecular weight excluding hydrogens is 400 g/mol. The topological polar surface area (TPSA) is 70.4 Å². The van der Waals surface area contributed by atoms with E-state index >= 15 is 0 Å². The molecule has 0 fully saturated rings. The molecule has 1 aromatic carbocycles. The molecule has 0 saturated carbocycles. The highest BCUT2D eigenvalue weighted by atomic mass is 32.1. The van der Waals surface area contributed by atoms with Crippen LogP contribution in [0.15, 0.2) is 29.1 Å². The summed E-state index contributed by atoms with van der Waals surface area (Å²) >= 11 is 1.60. The SMILES string of the molecule is CCOC(=O)C(C)(C)n1c(Cc2ccccc2OC)nc2sc3c(c2c1=O)CCC3. The number of hydrogen-bond donors (Lipinski definition) is 0. The zero-order valence-electron chi connectivity index (χ0n) is 17.8. The number of benzene rings is 1. The van der Waals surface area contributed by atoms with Gasteiger partial charge in [0, 0.05) is 16.9 Å². The van der Waals surface area contributed by atoms with Crippen LogP contribution in [0, 0.1) is 0 Å². The van der Waals surface area contributed by atoms with Crippen molar-refractivity contribution in [1.29, 1.82) is 0 Å². The number of rotatable bonds is 6. The van der Waals surface area contributed by atoms with Gasteiger partial charge < -0.3 is 9.47 Å². The fourth-order valence-electron chi connectivity index (χ4n) is 4.20. The molecule has 0 N–H and O–H groups in total. The lowest BCUT2D eigenvalue weighted by Gasteiger charge is -2.28. The zero-order chi connectivity index (χ0) is 21.5. The van der Waals surface area contributed by atoms with Crippen molar-refractivity contribution in [1.82, 2.24) is 9.55 Å². The van der Waals surface area contributed by atoms with Crippen LogP contribution in [-0.2, 0) is 34.3 Å². The number of methoxy groups -OCH3 is 1. The van der Waals surface area contributed by atoms with E-state index in [1.54, 1.807) is 39.2 Å². The molecule has 3 aromatic rings. The Balaban J connectivity index is 1.96. The molecule has 0 unspecified atom stereocenters. The lowest BCUT2D eigenvalue weighted by atomic mass is 10.0.